The summed E-state index contributed by atoms with van der Waals surface area (Å²) in [5.74, 6) is 3.36. The molecule has 3 aromatic carbocycles. The molecule has 1 aliphatic heterocycles. The second kappa shape index (κ2) is 9.72. The number of nitrogens with zero attached hydrogens (tertiary/aromatic N) is 2. The monoisotopic (exact) mass is 478 g/mol. The molecule has 0 radical (unpaired) electrons. The van der Waals surface area contributed by atoms with Crippen molar-refractivity contribution < 1.29 is 19.0 Å². The number of rotatable bonds is 6. The molecule has 0 unspecified atom stereocenters. The molecule has 0 atom stereocenters. The molecule has 4 aromatic rings. The van der Waals surface area contributed by atoms with E-state index in [9.17, 15) is 4.79 Å². The standard InChI is InChI=1S/C25H22N2O4S2/c1-32-13-10-27-20-15-21-22(30-12-11-29-21)16-23(20)33-25(27)26-24(28)17-6-5-9-19(14-17)31-18-7-3-2-4-8-18/h2-9,14-16H,10-13H2,1H3. The van der Waals surface area contributed by atoms with E-state index in [0.717, 1.165) is 34.0 Å². The number of aromatic nitrogens is 1. The van der Waals surface area contributed by atoms with Gasteiger partial charge >= 0.3 is 0 Å². The molecule has 0 aliphatic carbocycles. The minimum atomic E-state index is -0.310. The van der Waals surface area contributed by atoms with Gasteiger partial charge in [-0.1, -0.05) is 35.6 Å². The minimum Gasteiger partial charge on any atom is -0.486 e. The van der Waals surface area contributed by atoms with Crippen molar-refractivity contribution in [2.24, 2.45) is 4.99 Å². The van der Waals surface area contributed by atoms with Crippen molar-refractivity contribution in [2.45, 2.75) is 6.54 Å². The molecule has 0 bridgehead atoms. The zero-order valence-corrected chi connectivity index (χ0v) is 19.7. The maximum absolute atomic E-state index is 13.1. The highest BCUT2D eigenvalue weighted by Crippen LogP contribution is 2.35. The van der Waals surface area contributed by atoms with Gasteiger partial charge in [0.15, 0.2) is 16.3 Å². The summed E-state index contributed by atoms with van der Waals surface area (Å²) in [6.07, 6.45) is 2.06. The lowest BCUT2D eigenvalue weighted by Gasteiger charge is -2.18. The quantitative estimate of drug-likeness (QED) is 0.373. The van der Waals surface area contributed by atoms with Crippen LogP contribution in [0.4, 0.5) is 0 Å². The van der Waals surface area contributed by atoms with Gasteiger partial charge in [-0.25, -0.2) is 0 Å². The molecule has 5 rings (SSSR count). The number of benzene rings is 3. The molecule has 1 aliphatic rings. The van der Waals surface area contributed by atoms with Gasteiger partial charge in [0.1, 0.15) is 24.7 Å². The van der Waals surface area contributed by atoms with Crippen LogP contribution in [0.1, 0.15) is 10.4 Å². The van der Waals surface area contributed by atoms with E-state index < -0.39 is 0 Å². The lowest BCUT2D eigenvalue weighted by molar-refractivity contribution is 0.0997. The van der Waals surface area contributed by atoms with Gasteiger partial charge in [0.25, 0.3) is 5.91 Å². The first kappa shape index (κ1) is 21.6. The van der Waals surface area contributed by atoms with Crippen LogP contribution in [0, 0.1) is 0 Å². The van der Waals surface area contributed by atoms with E-state index in [4.69, 9.17) is 14.2 Å². The summed E-state index contributed by atoms with van der Waals surface area (Å²) in [5.41, 5.74) is 1.47. The van der Waals surface area contributed by atoms with Crippen LogP contribution in [0.2, 0.25) is 0 Å². The van der Waals surface area contributed by atoms with Gasteiger partial charge in [0, 0.05) is 30.0 Å². The smallest absolute Gasteiger partial charge is 0.279 e. The topological polar surface area (TPSA) is 62.1 Å². The zero-order valence-electron chi connectivity index (χ0n) is 18.0. The van der Waals surface area contributed by atoms with Crippen molar-refractivity contribution >= 4 is 39.2 Å². The molecule has 6 nitrogen and oxygen atoms in total. The van der Waals surface area contributed by atoms with Crippen molar-refractivity contribution in [1.82, 2.24) is 4.57 Å². The molecular formula is C25H22N2O4S2. The number of para-hydroxylation sites is 1. The van der Waals surface area contributed by atoms with Gasteiger partial charge in [-0.2, -0.15) is 16.8 Å². The number of hydrogen-bond acceptors (Lipinski definition) is 6. The van der Waals surface area contributed by atoms with Gasteiger partial charge in [-0.05, 0) is 36.6 Å². The Kier molecular flexibility index (Phi) is 6.37. The van der Waals surface area contributed by atoms with E-state index >= 15 is 0 Å². The number of aryl methyl sites for hydroxylation is 1. The third kappa shape index (κ3) is 4.77. The largest absolute Gasteiger partial charge is 0.486 e. The van der Waals surface area contributed by atoms with Crippen LogP contribution < -0.4 is 19.0 Å². The molecule has 0 fully saturated rings. The third-order valence-electron chi connectivity index (χ3n) is 5.12. The Bertz CT molecular complexity index is 1360. The van der Waals surface area contributed by atoms with E-state index in [2.05, 4.69) is 15.8 Å². The van der Waals surface area contributed by atoms with Crippen LogP contribution >= 0.6 is 23.1 Å². The second-order valence-electron chi connectivity index (χ2n) is 7.35. The van der Waals surface area contributed by atoms with Crippen LogP contribution in [-0.4, -0.2) is 35.7 Å². The highest BCUT2D eigenvalue weighted by atomic mass is 32.2. The van der Waals surface area contributed by atoms with E-state index in [1.807, 2.05) is 48.5 Å². The van der Waals surface area contributed by atoms with E-state index in [1.165, 1.54) is 11.3 Å². The maximum atomic E-state index is 13.1. The van der Waals surface area contributed by atoms with Gasteiger partial charge in [0.05, 0.1) is 10.2 Å². The number of amides is 1. The average molecular weight is 479 g/mol. The summed E-state index contributed by atoms with van der Waals surface area (Å²) < 4.78 is 20.5. The first-order valence-corrected chi connectivity index (χ1v) is 12.8. The molecule has 2 heterocycles. The zero-order chi connectivity index (χ0) is 22.6. The number of hydrogen-bond donors (Lipinski definition) is 0. The number of carbonyl (C=O) groups is 1. The van der Waals surface area contributed by atoms with E-state index in [-0.39, 0.29) is 5.91 Å². The van der Waals surface area contributed by atoms with Crippen molar-refractivity contribution in [2.75, 3.05) is 25.2 Å². The third-order valence-corrected chi connectivity index (χ3v) is 6.75. The van der Waals surface area contributed by atoms with Gasteiger partial charge in [-0.15, -0.1) is 0 Å². The summed E-state index contributed by atoms with van der Waals surface area (Å²) in [6.45, 7) is 1.81. The van der Waals surface area contributed by atoms with Crippen molar-refractivity contribution in [3.05, 3.63) is 77.1 Å². The fourth-order valence-corrected chi connectivity index (χ4v) is 4.99. The number of ether oxygens (including phenoxy) is 3. The van der Waals surface area contributed by atoms with Gasteiger partial charge in [0.2, 0.25) is 0 Å². The normalized spacial score (nSPS) is 13.3. The molecule has 0 saturated carbocycles. The lowest BCUT2D eigenvalue weighted by atomic mass is 10.2. The Morgan fingerprint density at radius 1 is 1.03 bits per heavy atom. The van der Waals surface area contributed by atoms with Gasteiger partial charge < -0.3 is 18.8 Å². The molecule has 0 N–H and O–H groups in total. The highest BCUT2D eigenvalue weighted by Gasteiger charge is 2.17. The molecule has 0 saturated heterocycles. The maximum Gasteiger partial charge on any atom is 0.279 e. The van der Waals surface area contributed by atoms with Crippen LogP contribution in [0.3, 0.4) is 0 Å². The van der Waals surface area contributed by atoms with Crippen molar-refractivity contribution in [1.29, 1.82) is 0 Å². The molecular weight excluding hydrogens is 456 g/mol. The Hall–Kier alpha value is -3.23. The number of thioether (sulfide) groups is 1. The average Bonchev–Trinajstić information content (AvgIpc) is 3.17. The number of carbonyl (C=O) groups excluding carboxylic acids is 1. The predicted octanol–water partition coefficient (Wildman–Crippen LogP) is 5.37. The van der Waals surface area contributed by atoms with Crippen LogP contribution in [0.25, 0.3) is 10.2 Å². The summed E-state index contributed by atoms with van der Waals surface area (Å²) >= 11 is 3.23. The summed E-state index contributed by atoms with van der Waals surface area (Å²) in [6, 6.07) is 20.5. The summed E-state index contributed by atoms with van der Waals surface area (Å²) in [5, 5.41) is 0. The molecule has 1 amide bonds. The Morgan fingerprint density at radius 3 is 2.58 bits per heavy atom. The Balaban J connectivity index is 1.51. The van der Waals surface area contributed by atoms with E-state index in [1.54, 1.807) is 30.0 Å². The van der Waals surface area contributed by atoms with Crippen molar-refractivity contribution in [3.8, 4) is 23.0 Å². The molecule has 0 spiro atoms. The fourth-order valence-electron chi connectivity index (χ4n) is 3.56. The first-order chi connectivity index (χ1) is 16.2. The predicted molar refractivity (Wildman–Crippen MR) is 132 cm³/mol. The van der Waals surface area contributed by atoms with Gasteiger partial charge in [-0.3, -0.25) is 4.79 Å². The molecule has 1 aromatic heterocycles. The van der Waals surface area contributed by atoms with Crippen LogP contribution in [0.5, 0.6) is 23.0 Å². The van der Waals surface area contributed by atoms with Crippen LogP contribution in [0.15, 0.2) is 71.7 Å². The molecule has 168 valence electrons. The van der Waals surface area contributed by atoms with Crippen molar-refractivity contribution in [3.63, 3.8) is 0 Å². The van der Waals surface area contributed by atoms with Crippen LogP contribution in [-0.2, 0) is 6.54 Å². The first-order valence-electron chi connectivity index (χ1n) is 10.6. The SMILES string of the molecule is CSCCn1c(=NC(=O)c2cccc(Oc3ccccc3)c2)sc2cc3c(cc21)OCCO3. The summed E-state index contributed by atoms with van der Waals surface area (Å²) in [7, 11) is 0. The van der Waals surface area contributed by atoms with E-state index in [0.29, 0.717) is 35.1 Å². The lowest BCUT2D eigenvalue weighted by Crippen LogP contribution is -2.18. The Labute approximate surface area is 199 Å². The minimum absolute atomic E-state index is 0.310. The number of thiazole rings is 1. The summed E-state index contributed by atoms with van der Waals surface area (Å²) in [4.78, 5) is 18.2. The highest BCUT2D eigenvalue weighted by molar-refractivity contribution is 7.98. The fraction of sp³-hybridized carbons (Fsp3) is 0.200. The number of fused-ring (bicyclic) bond motifs is 2. The Morgan fingerprint density at radius 2 is 1.79 bits per heavy atom. The molecule has 8 heteroatoms. The molecule has 33 heavy (non-hydrogen) atoms. The second-order valence-corrected chi connectivity index (χ2v) is 9.35.